The molecule has 2 N–H and O–H groups in total. The predicted octanol–water partition coefficient (Wildman–Crippen LogP) is 2.58. The lowest BCUT2D eigenvalue weighted by Crippen LogP contribution is -2.35. The first kappa shape index (κ1) is 14.8. The highest BCUT2D eigenvalue weighted by molar-refractivity contribution is 7.12. The molecule has 0 saturated carbocycles. The minimum atomic E-state index is -0.372. The van der Waals surface area contributed by atoms with Crippen LogP contribution < -0.4 is 15.6 Å². The van der Waals surface area contributed by atoms with Gasteiger partial charge in [0.15, 0.2) is 0 Å². The zero-order valence-electron chi connectivity index (χ0n) is 11.4. The molecule has 0 radical (unpaired) electrons. The fraction of sp³-hybridized carbons (Fsp3) is 0.0667. The van der Waals surface area contributed by atoms with Crippen LogP contribution in [0.15, 0.2) is 48.4 Å². The van der Waals surface area contributed by atoms with Crippen molar-refractivity contribution in [1.29, 1.82) is 0 Å². The van der Waals surface area contributed by atoms with Gasteiger partial charge in [-0.2, -0.15) is 0 Å². The van der Waals surface area contributed by atoms with Gasteiger partial charge >= 0.3 is 5.97 Å². The van der Waals surface area contributed by atoms with E-state index in [0.717, 1.165) is 5.56 Å². The Hall–Kier alpha value is -2.60. The van der Waals surface area contributed by atoms with E-state index in [2.05, 4.69) is 17.4 Å². The van der Waals surface area contributed by atoms with Crippen molar-refractivity contribution in [1.82, 2.24) is 10.9 Å². The molecule has 6 heteroatoms. The molecule has 0 aliphatic rings. The second-order valence-corrected chi connectivity index (χ2v) is 5.10. The molecule has 0 atom stereocenters. The van der Waals surface area contributed by atoms with E-state index in [0.29, 0.717) is 16.3 Å². The number of thiophene rings is 1. The van der Waals surface area contributed by atoms with Gasteiger partial charge in [0.25, 0.3) is 5.91 Å². The van der Waals surface area contributed by atoms with Crippen LogP contribution in [0.1, 0.15) is 22.2 Å². The molecule has 0 bridgehead atoms. The lowest BCUT2D eigenvalue weighted by molar-refractivity contribution is -0.131. The van der Waals surface area contributed by atoms with Crippen molar-refractivity contribution in [3.8, 4) is 5.75 Å². The zero-order valence-corrected chi connectivity index (χ0v) is 12.2. The van der Waals surface area contributed by atoms with Crippen LogP contribution in [0.2, 0.25) is 0 Å². The predicted molar refractivity (Wildman–Crippen MR) is 81.7 cm³/mol. The van der Waals surface area contributed by atoms with E-state index in [-0.39, 0.29) is 11.9 Å². The zero-order chi connectivity index (χ0) is 15.2. The van der Waals surface area contributed by atoms with Crippen LogP contribution in [0.25, 0.3) is 5.70 Å². The van der Waals surface area contributed by atoms with Crippen molar-refractivity contribution in [3.05, 3.63) is 58.8 Å². The summed E-state index contributed by atoms with van der Waals surface area (Å²) in [5.74, 6) is -0.132. The number of rotatable bonds is 5. The number of carbonyl (C=O) groups excluding carboxylic acids is 2. The maximum atomic E-state index is 11.8. The SMILES string of the molecule is C=C(NNC(=O)c1cccs1)c1ccc(OC(C)=O)cc1. The molecule has 1 heterocycles. The molecule has 0 fully saturated rings. The first-order valence-corrected chi connectivity index (χ1v) is 7.02. The Balaban J connectivity index is 1.91. The molecule has 2 aromatic rings. The summed E-state index contributed by atoms with van der Waals surface area (Å²) in [5, 5.41) is 1.83. The summed E-state index contributed by atoms with van der Waals surface area (Å²) < 4.78 is 4.94. The van der Waals surface area contributed by atoms with Gasteiger partial charge in [-0.3, -0.25) is 20.4 Å². The van der Waals surface area contributed by atoms with E-state index in [1.807, 2.05) is 11.4 Å². The Morgan fingerprint density at radius 3 is 2.43 bits per heavy atom. The third-order valence-electron chi connectivity index (χ3n) is 2.54. The number of amides is 1. The fourth-order valence-electron chi connectivity index (χ4n) is 1.56. The molecule has 0 saturated heterocycles. The van der Waals surface area contributed by atoms with Crippen LogP contribution in [0.4, 0.5) is 0 Å². The van der Waals surface area contributed by atoms with E-state index >= 15 is 0 Å². The van der Waals surface area contributed by atoms with Crippen LogP contribution in [-0.4, -0.2) is 11.9 Å². The number of benzene rings is 1. The summed E-state index contributed by atoms with van der Waals surface area (Å²) in [6.45, 7) is 5.18. The lowest BCUT2D eigenvalue weighted by atomic mass is 10.2. The van der Waals surface area contributed by atoms with Gasteiger partial charge < -0.3 is 4.74 Å². The van der Waals surface area contributed by atoms with Gasteiger partial charge in [0.05, 0.1) is 10.6 Å². The van der Waals surface area contributed by atoms with Crippen LogP contribution in [-0.2, 0) is 4.79 Å². The van der Waals surface area contributed by atoms with E-state index < -0.39 is 0 Å². The Labute approximate surface area is 126 Å². The molecule has 0 spiro atoms. The van der Waals surface area contributed by atoms with E-state index in [9.17, 15) is 9.59 Å². The van der Waals surface area contributed by atoms with E-state index in [4.69, 9.17) is 4.74 Å². The molecule has 21 heavy (non-hydrogen) atoms. The molecule has 5 nitrogen and oxygen atoms in total. The quantitative estimate of drug-likeness (QED) is 0.506. The molecular weight excluding hydrogens is 288 g/mol. The molecule has 2 rings (SSSR count). The van der Waals surface area contributed by atoms with Gasteiger partial charge in [-0.15, -0.1) is 11.3 Å². The first-order valence-electron chi connectivity index (χ1n) is 6.14. The standard InChI is InChI=1S/C15H14N2O3S/c1-10(16-17-15(19)14-4-3-9-21-14)12-5-7-13(8-6-12)20-11(2)18/h3-9,16H,1H2,2H3,(H,17,19). The molecule has 108 valence electrons. The number of hydrogen-bond acceptors (Lipinski definition) is 5. The van der Waals surface area contributed by atoms with Gasteiger partial charge in [0.1, 0.15) is 5.75 Å². The molecule has 0 aliphatic carbocycles. The van der Waals surface area contributed by atoms with Crippen LogP contribution in [0.3, 0.4) is 0 Å². The topological polar surface area (TPSA) is 67.4 Å². The van der Waals surface area contributed by atoms with E-state index in [1.165, 1.54) is 18.3 Å². The van der Waals surface area contributed by atoms with Crippen LogP contribution in [0.5, 0.6) is 5.75 Å². The molecule has 1 aromatic heterocycles. The Bertz CT molecular complexity index is 648. The smallest absolute Gasteiger partial charge is 0.308 e. The van der Waals surface area contributed by atoms with Crippen LogP contribution in [0, 0.1) is 0 Å². The Kier molecular flexibility index (Phi) is 4.73. The molecule has 1 aromatic carbocycles. The number of nitrogens with one attached hydrogen (secondary N) is 2. The van der Waals surface area contributed by atoms with Crippen molar-refractivity contribution in [2.24, 2.45) is 0 Å². The minimum Gasteiger partial charge on any atom is -0.427 e. The number of ether oxygens (including phenoxy) is 1. The monoisotopic (exact) mass is 302 g/mol. The first-order chi connectivity index (χ1) is 10.1. The molecular formula is C15H14N2O3S. The number of carbonyl (C=O) groups is 2. The van der Waals surface area contributed by atoms with Crippen molar-refractivity contribution in [3.63, 3.8) is 0 Å². The number of hydrazine groups is 1. The maximum absolute atomic E-state index is 11.8. The highest BCUT2D eigenvalue weighted by atomic mass is 32.1. The van der Waals surface area contributed by atoms with Gasteiger partial charge in [-0.1, -0.05) is 12.6 Å². The second kappa shape index (κ2) is 6.71. The highest BCUT2D eigenvalue weighted by Crippen LogP contribution is 2.16. The highest BCUT2D eigenvalue weighted by Gasteiger charge is 2.06. The molecule has 0 aliphatic heterocycles. The summed E-state index contributed by atoms with van der Waals surface area (Å²) in [5.41, 5.74) is 6.63. The molecule has 1 amide bonds. The fourth-order valence-corrected chi connectivity index (χ4v) is 2.18. The maximum Gasteiger partial charge on any atom is 0.308 e. The average Bonchev–Trinajstić information content (AvgIpc) is 2.99. The average molecular weight is 302 g/mol. The van der Waals surface area contributed by atoms with E-state index in [1.54, 1.807) is 30.3 Å². The van der Waals surface area contributed by atoms with Crippen molar-refractivity contribution >= 4 is 28.9 Å². The summed E-state index contributed by atoms with van der Waals surface area (Å²) in [6, 6.07) is 10.3. The van der Waals surface area contributed by atoms with Crippen molar-refractivity contribution in [2.75, 3.05) is 0 Å². The summed E-state index contributed by atoms with van der Waals surface area (Å²) in [4.78, 5) is 23.2. The summed E-state index contributed by atoms with van der Waals surface area (Å²) in [6.07, 6.45) is 0. The third-order valence-corrected chi connectivity index (χ3v) is 3.40. The van der Waals surface area contributed by atoms with Crippen molar-refractivity contribution < 1.29 is 14.3 Å². The Morgan fingerprint density at radius 1 is 1.14 bits per heavy atom. The van der Waals surface area contributed by atoms with Gasteiger partial charge in [-0.05, 0) is 41.3 Å². The summed E-state index contributed by atoms with van der Waals surface area (Å²) >= 11 is 1.36. The van der Waals surface area contributed by atoms with Gasteiger partial charge in [-0.25, -0.2) is 0 Å². The Morgan fingerprint density at radius 2 is 1.86 bits per heavy atom. The molecule has 0 unspecified atom stereocenters. The van der Waals surface area contributed by atoms with Gasteiger partial charge in [0.2, 0.25) is 0 Å². The minimum absolute atomic E-state index is 0.220. The number of esters is 1. The summed E-state index contributed by atoms with van der Waals surface area (Å²) in [7, 11) is 0. The normalized spacial score (nSPS) is 9.76. The van der Waals surface area contributed by atoms with Gasteiger partial charge in [0, 0.05) is 6.92 Å². The largest absolute Gasteiger partial charge is 0.427 e. The third kappa shape index (κ3) is 4.19. The second-order valence-electron chi connectivity index (χ2n) is 4.15. The number of hydrogen-bond donors (Lipinski definition) is 2. The van der Waals surface area contributed by atoms with Crippen molar-refractivity contribution in [2.45, 2.75) is 6.92 Å². The lowest BCUT2D eigenvalue weighted by Gasteiger charge is -2.11. The van der Waals surface area contributed by atoms with Crippen LogP contribution >= 0.6 is 11.3 Å².